The van der Waals surface area contributed by atoms with Crippen molar-refractivity contribution in [3.63, 3.8) is 0 Å². The first-order chi connectivity index (χ1) is 9.19. The Morgan fingerprint density at radius 1 is 1.26 bits per heavy atom. The summed E-state index contributed by atoms with van der Waals surface area (Å²) in [6.45, 7) is 5.65. The number of hydrogen-bond acceptors (Lipinski definition) is 2. The van der Waals surface area contributed by atoms with E-state index in [-0.39, 0.29) is 11.9 Å². The summed E-state index contributed by atoms with van der Waals surface area (Å²) >= 11 is 0. The van der Waals surface area contributed by atoms with Gasteiger partial charge in [0.05, 0.1) is 0 Å². The van der Waals surface area contributed by atoms with Gasteiger partial charge >= 0.3 is 0 Å². The fourth-order valence-electron chi connectivity index (χ4n) is 2.47. The van der Waals surface area contributed by atoms with E-state index < -0.39 is 0 Å². The maximum absolute atomic E-state index is 12.9. The Morgan fingerprint density at radius 2 is 1.95 bits per heavy atom. The first kappa shape index (κ1) is 14.5. The number of benzene rings is 1. The highest BCUT2D eigenvalue weighted by Gasteiger charge is 2.24. The number of hydrogen-bond donors (Lipinski definition) is 1. The molecule has 106 valence electrons. The van der Waals surface area contributed by atoms with Crippen LogP contribution in [0.25, 0.3) is 0 Å². The van der Waals surface area contributed by atoms with Gasteiger partial charge in [-0.25, -0.2) is 4.39 Å². The summed E-state index contributed by atoms with van der Waals surface area (Å²) in [4.78, 5) is 2.53. The SMILES string of the molecule is CCCN(CCC(N)c1ccc(F)cc1)CC1CC1. The van der Waals surface area contributed by atoms with Crippen LogP contribution in [0.3, 0.4) is 0 Å². The molecule has 1 aliphatic carbocycles. The first-order valence-corrected chi connectivity index (χ1v) is 7.42. The Kier molecular flexibility index (Phi) is 5.34. The van der Waals surface area contributed by atoms with Crippen molar-refractivity contribution in [2.24, 2.45) is 11.7 Å². The molecule has 0 spiro atoms. The summed E-state index contributed by atoms with van der Waals surface area (Å²) in [7, 11) is 0. The Bertz CT molecular complexity index is 373. The van der Waals surface area contributed by atoms with Crippen LogP contribution in [0.5, 0.6) is 0 Å². The van der Waals surface area contributed by atoms with Crippen molar-refractivity contribution in [1.82, 2.24) is 4.90 Å². The van der Waals surface area contributed by atoms with Crippen LogP contribution in [0.4, 0.5) is 4.39 Å². The minimum Gasteiger partial charge on any atom is -0.324 e. The fraction of sp³-hybridized carbons (Fsp3) is 0.625. The lowest BCUT2D eigenvalue weighted by atomic mass is 10.0. The van der Waals surface area contributed by atoms with Gasteiger partial charge in [0.2, 0.25) is 0 Å². The topological polar surface area (TPSA) is 29.3 Å². The monoisotopic (exact) mass is 264 g/mol. The molecular formula is C16H25FN2. The highest BCUT2D eigenvalue weighted by atomic mass is 19.1. The first-order valence-electron chi connectivity index (χ1n) is 7.42. The smallest absolute Gasteiger partial charge is 0.123 e. The van der Waals surface area contributed by atoms with E-state index in [9.17, 15) is 4.39 Å². The zero-order valence-corrected chi connectivity index (χ0v) is 11.8. The zero-order chi connectivity index (χ0) is 13.7. The standard InChI is InChI=1S/C16H25FN2/c1-2-10-19(12-13-3-4-13)11-9-16(18)14-5-7-15(17)8-6-14/h5-8,13,16H,2-4,9-12,18H2,1H3. The largest absolute Gasteiger partial charge is 0.324 e. The Labute approximate surface area is 115 Å². The van der Waals surface area contributed by atoms with Crippen molar-refractivity contribution < 1.29 is 4.39 Å². The quantitative estimate of drug-likeness (QED) is 0.780. The third-order valence-corrected chi connectivity index (χ3v) is 3.81. The van der Waals surface area contributed by atoms with Crippen LogP contribution in [0.1, 0.15) is 44.2 Å². The number of nitrogens with two attached hydrogens (primary N) is 1. The molecule has 2 nitrogen and oxygen atoms in total. The molecule has 2 N–H and O–H groups in total. The van der Waals surface area contributed by atoms with Gasteiger partial charge in [-0.15, -0.1) is 0 Å². The van der Waals surface area contributed by atoms with E-state index >= 15 is 0 Å². The summed E-state index contributed by atoms with van der Waals surface area (Å²) in [5.41, 5.74) is 7.22. The van der Waals surface area contributed by atoms with Crippen LogP contribution < -0.4 is 5.73 Å². The molecule has 0 aromatic heterocycles. The average molecular weight is 264 g/mol. The molecule has 2 rings (SSSR count). The van der Waals surface area contributed by atoms with Crippen molar-refractivity contribution in [3.05, 3.63) is 35.6 Å². The lowest BCUT2D eigenvalue weighted by Gasteiger charge is -2.23. The minimum atomic E-state index is -0.197. The molecule has 1 saturated carbocycles. The summed E-state index contributed by atoms with van der Waals surface area (Å²) in [6.07, 6.45) is 4.92. The van der Waals surface area contributed by atoms with Crippen LogP contribution in [0.2, 0.25) is 0 Å². The van der Waals surface area contributed by atoms with E-state index in [1.165, 1.54) is 37.9 Å². The molecule has 1 atom stereocenters. The van der Waals surface area contributed by atoms with Gasteiger partial charge < -0.3 is 10.6 Å². The highest BCUT2D eigenvalue weighted by molar-refractivity contribution is 5.19. The molecule has 1 aliphatic rings. The van der Waals surface area contributed by atoms with E-state index in [1.807, 2.05) is 0 Å². The summed E-state index contributed by atoms with van der Waals surface area (Å²) in [5.74, 6) is 0.728. The lowest BCUT2D eigenvalue weighted by Crippen LogP contribution is -2.30. The van der Waals surface area contributed by atoms with Crippen LogP contribution in [-0.4, -0.2) is 24.5 Å². The van der Waals surface area contributed by atoms with E-state index in [4.69, 9.17) is 5.73 Å². The molecule has 0 heterocycles. The fourth-order valence-corrected chi connectivity index (χ4v) is 2.47. The van der Waals surface area contributed by atoms with Crippen molar-refractivity contribution in [2.45, 2.75) is 38.6 Å². The predicted molar refractivity (Wildman–Crippen MR) is 77.4 cm³/mol. The second-order valence-electron chi connectivity index (χ2n) is 5.69. The number of halogens is 1. The zero-order valence-electron chi connectivity index (χ0n) is 11.8. The van der Waals surface area contributed by atoms with E-state index in [1.54, 1.807) is 12.1 Å². The Morgan fingerprint density at radius 3 is 2.53 bits per heavy atom. The molecule has 3 heteroatoms. The summed E-state index contributed by atoms with van der Waals surface area (Å²) in [5, 5.41) is 0. The van der Waals surface area contributed by atoms with Gasteiger partial charge in [0.1, 0.15) is 5.82 Å². The molecule has 1 aromatic rings. The predicted octanol–water partition coefficient (Wildman–Crippen LogP) is 3.34. The van der Waals surface area contributed by atoms with Gasteiger partial charge in [-0.2, -0.15) is 0 Å². The molecule has 0 amide bonds. The molecule has 19 heavy (non-hydrogen) atoms. The maximum atomic E-state index is 12.9. The van der Waals surface area contributed by atoms with Gasteiger partial charge in [-0.3, -0.25) is 0 Å². The molecule has 0 radical (unpaired) electrons. The molecule has 1 fully saturated rings. The molecule has 0 aliphatic heterocycles. The molecule has 0 saturated heterocycles. The van der Waals surface area contributed by atoms with Crippen LogP contribution >= 0.6 is 0 Å². The average Bonchev–Trinajstić information content (AvgIpc) is 3.21. The normalized spacial score (nSPS) is 16.8. The van der Waals surface area contributed by atoms with E-state index in [2.05, 4.69) is 11.8 Å². The van der Waals surface area contributed by atoms with E-state index in [0.717, 1.165) is 31.0 Å². The third kappa shape index (κ3) is 4.92. The van der Waals surface area contributed by atoms with Gasteiger partial charge in [0.15, 0.2) is 0 Å². The van der Waals surface area contributed by atoms with Gasteiger partial charge in [-0.05, 0) is 62.4 Å². The van der Waals surface area contributed by atoms with E-state index in [0.29, 0.717) is 0 Å². The summed E-state index contributed by atoms with van der Waals surface area (Å²) < 4.78 is 12.9. The number of rotatable bonds is 8. The van der Waals surface area contributed by atoms with Crippen molar-refractivity contribution in [3.8, 4) is 0 Å². The van der Waals surface area contributed by atoms with Crippen molar-refractivity contribution in [2.75, 3.05) is 19.6 Å². The lowest BCUT2D eigenvalue weighted by molar-refractivity contribution is 0.253. The second-order valence-corrected chi connectivity index (χ2v) is 5.69. The highest BCUT2D eigenvalue weighted by Crippen LogP contribution is 2.30. The van der Waals surface area contributed by atoms with Gasteiger partial charge in [0.25, 0.3) is 0 Å². The van der Waals surface area contributed by atoms with Crippen LogP contribution in [-0.2, 0) is 0 Å². The van der Waals surface area contributed by atoms with Gasteiger partial charge in [-0.1, -0.05) is 19.1 Å². The Balaban J connectivity index is 1.79. The molecular weight excluding hydrogens is 239 g/mol. The van der Waals surface area contributed by atoms with Crippen molar-refractivity contribution in [1.29, 1.82) is 0 Å². The maximum Gasteiger partial charge on any atom is 0.123 e. The van der Waals surface area contributed by atoms with Gasteiger partial charge in [0, 0.05) is 12.6 Å². The Hall–Kier alpha value is -0.930. The molecule has 1 unspecified atom stereocenters. The second kappa shape index (κ2) is 7.01. The third-order valence-electron chi connectivity index (χ3n) is 3.81. The minimum absolute atomic E-state index is 0.0131. The van der Waals surface area contributed by atoms with Crippen molar-refractivity contribution >= 4 is 0 Å². The number of nitrogens with zero attached hydrogens (tertiary/aromatic N) is 1. The summed E-state index contributed by atoms with van der Waals surface area (Å²) in [6, 6.07) is 6.59. The molecule has 0 bridgehead atoms. The molecule has 1 aromatic carbocycles. The van der Waals surface area contributed by atoms with Crippen LogP contribution in [0, 0.1) is 11.7 Å². The van der Waals surface area contributed by atoms with Crippen LogP contribution in [0.15, 0.2) is 24.3 Å².